The van der Waals surface area contributed by atoms with Crippen LogP contribution in [0.4, 0.5) is 9.18 Å². The first-order valence-corrected chi connectivity index (χ1v) is 12.5. The van der Waals surface area contributed by atoms with E-state index in [9.17, 15) is 17.6 Å². The standard InChI is InChI=1S/C26H21FN4O4S/c27-21-8-4-5-9-24(21)36(33,34)30-26(32)29-22(16-18-6-2-1-3-7-18)25-28-13-14-31(25)20-10-11-23-19(17-20)12-15-35-23/h1-15,17,22H,16H2,(H2,29,30,32). The molecule has 2 aromatic heterocycles. The van der Waals surface area contributed by atoms with Crippen LogP contribution in [0.1, 0.15) is 17.4 Å². The molecule has 2 N–H and O–H groups in total. The monoisotopic (exact) mass is 504 g/mol. The zero-order chi connectivity index (χ0) is 25.1. The van der Waals surface area contributed by atoms with Crippen LogP contribution in [0.15, 0.2) is 107 Å². The molecule has 0 radical (unpaired) electrons. The van der Waals surface area contributed by atoms with Gasteiger partial charge in [0.2, 0.25) is 0 Å². The molecule has 1 unspecified atom stereocenters. The number of nitrogens with one attached hydrogen (secondary N) is 2. The molecule has 3 aromatic carbocycles. The fraction of sp³-hybridized carbons (Fsp3) is 0.0769. The molecule has 0 spiro atoms. The number of nitrogens with zero attached hydrogens (tertiary/aromatic N) is 2. The van der Waals surface area contributed by atoms with Gasteiger partial charge in [0.15, 0.2) is 0 Å². The van der Waals surface area contributed by atoms with Gasteiger partial charge in [0.05, 0.1) is 12.3 Å². The number of benzene rings is 3. The summed E-state index contributed by atoms with van der Waals surface area (Å²) in [5, 5.41) is 3.60. The van der Waals surface area contributed by atoms with Crippen molar-refractivity contribution in [2.75, 3.05) is 0 Å². The van der Waals surface area contributed by atoms with Gasteiger partial charge in [-0.15, -0.1) is 0 Å². The number of aromatic nitrogens is 2. The number of carbonyl (C=O) groups is 1. The second-order valence-electron chi connectivity index (χ2n) is 8.05. The molecule has 0 fully saturated rings. The summed E-state index contributed by atoms with van der Waals surface area (Å²) in [5.74, 6) is -0.469. The van der Waals surface area contributed by atoms with Crippen LogP contribution in [0.5, 0.6) is 0 Å². The molecule has 182 valence electrons. The molecule has 2 amide bonds. The van der Waals surface area contributed by atoms with E-state index in [1.54, 1.807) is 18.7 Å². The zero-order valence-electron chi connectivity index (χ0n) is 18.8. The lowest BCUT2D eigenvalue weighted by molar-refractivity contribution is 0.241. The van der Waals surface area contributed by atoms with Crippen LogP contribution in [0.3, 0.4) is 0 Å². The second kappa shape index (κ2) is 9.67. The third-order valence-electron chi connectivity index (χ3n) is 5.64. The second-order valence-corrected chi connectivity index (χ2v) is 9.70. The predicted molar refractivity (Wildman–Crippen MR) is 131 cm³/mol. The van der Waals surface area contributed by atoms with Gasteiger partial charge in [-0.2, -0.15) is 0 Å². The summed E-state index contributed by atoms with van der Waals surface area (Å²) in [5.41, 5.74) is 2.42. The average molecular weight is 505 g/mol. The van der Waals surface area contributed by atoms with Gasteiger partial charge in [-0.1, -0.05) is 42.5 Å². The summed E-state index contributed by atoms with van der Waals surface area (Å²) >= 11 is 0. The van der Waals surface area contributed by atoms with E-state index >= 15 is 0 Å². The summed E-state index contributed by atoms with van der Waals surface area (Å²) in [7, 11) is -4.43. The molecular formula is C26H21FN4O4S. The van der Waals surface area contributed by atoms with Crippen molar-refractivity contribution >= 4 is 27.0 Å². The summed E-state index contributed by atoms with van der Waals surface area (Å²) in [4.78, 5) is 16.7. The van der Waals surface area contributed by atoms with Gasteiger partial charge in [0, 0.05) is 23.5 Å². The molecule has 0 aliphatic carbocycles. The van der Waals surface area contributed by atoms with Gasteiger partial charge in [-0.05, 0) is 48.4 Å². The average Bonchev–Trinajstić information content (AvgIpc) is 3.53. The minimum absolute atomic E-state index is 0.332. The number of urea groups is 1. The van der Waals surface area contributed by atoms with Crippen LogP contribution in [0, 0.1) is 5.82 Å². The first kappa shape index (κ1) is 23.3. The maximum absolute atomic E-state index is 14.1. The van der Waals surface area contributed by atoms with Crippen molar-refractivity contribution in [3.05, 3.63) is 115 Å². The third kappa shape index (κ3) is 4.84. The van der Waals surface area contributed by atoms with E-state index in [2.05, 4.69) is 10.3 Å². The number of carbonyl (C=O) groups excluding carboxylic acids is 1. The summed E-state index contributed by atoms with van der Waals surface area (Å²) < 4.78 is 48.5. The van der Waals surface area contributed by atoms with Crippen LogP contribution in [0.25, 0.3) is 16.7 Å². The summed E-state index contributed by atoms with van der Waals surface area (Å²) in [6.07, 6.45) is 5.29. The molecule has 0 bridgehead atoms. The highest BCUT2D eigenvalue weighted by Gasteiger charge is 2.25. The Morgan fingerprint density at radius 1 is 1.03 bits per heavy atom. The minimum Gasteiger partial charge on any atom is -0.464 e. The Kier molecular flexibility index (Phi) is 6.26. The van der Waals surface area contributed by atoms with Crippen molar-refractivity contribution in [3.63, 3.8) is 0 Å². The van der Waals surface area contributed by atoms with Crippen molar-refractivity contribution in [1.82, 2.24) is 19.6 Å². The van der Waals surface area contributed by atoms with Gasteiger partial charge in [0.1, 0.15) is 22.1 Å². The number of hydrogen-bond acceptors (Lipinski definition) is 5. The minimum atomic E-state index is -4.43. The largest absolute Gasteiger partial charge is 0.464 e. The maximum Gasteiger partial charge on any atom is 0.329 e. The van der Waals surface area contributed by atoms with Crippen molar-refractivity contribution in [3.8, 4) is 5.69 Å². The van der Waals surface area contributed by atoms with E-state index in [0.29, 0.717) is 12.2 Å². The molecule has 5 rings (SSSR count). The van der Waals surface area contributed by atoms with Crippen LogP contribution in [-0.4, -0.2) is 24.0 Å². The molecule has 0 aliphatic heterocycles. The Morgan fingerprint density at radius 3 is 2.61 bits per heavy atom. The fourth-order valence-electron chi connectivity index (χ4n) is 3.98. The normalized spacial score (nSPS) is 12.4. The van der Waals surface area contributed by atoms with E-state index in [0.717, 1.165) is 34.4 Å². The lowest BCUT2D eigenvalue weighted by Gasteiger charge is -2.20. The predicted octanol–water partition coefficient (Wildman–Crippen LogP) is 4.73. The Hall–Kier alpha value is -4.44. The van der Waals surface area contributed by atoms with Crippen molar-refractivity contribution < 1.29 is 22.0 Å². The third-order valence-corrected chi connectivity index (χ3v) is 7.00. The molecule has 1 atom stereocenters. The van der Waals surface area contributed by atoms with E-state index in [1.165, 1.54) is 12.1 Å². The lowest BCUT2D eigenvalue weighted by atomic mass is 10.1. The van der Waals surface area contributed by atoms with Crippen molar-refractivity contribution in [2.24, 2.45) is 0 Å². The first-order valence-electron chi connectivity index (χ1n) is 11.0. The van der Waals surface area contributed by atoms with Gasteiger partial charge in [0.25, 0.3) is 10.0 Å². The topological polar surface area (TPSA) is 106 Å². The molecule has 10 heteroatoms. The highest BCUT2D eigenvalue weighted by molar-refractivity contribution is 7.90. The molecule has 8 nitrogen and oxygen atoms in total. The Morgan fingerprint density at radius 2 is 1.81 bits per heavy atom. The van der Waals surface area contributed by atoms with Gasteiger partial charge >= 0.3 is 6.03 Å². The summed E-state index contributed by atoms with van der Waals surface area (Å²) in [6, 6.07) is 20.0. The van der Waals surface area contributed by atoms with Crippen LogP contribution < -0.4 is 10.0 Å². The number of halogens is 1. The molecule has 0 saturated heterocycles. The number of amides is 2. The fourth-order valence-corrected chi connectivity index (χ4v) is 4.97. The zero-order valence-corrected chi connectivity index (χ0v) is 19.7. The molecule has 5 aromatic rings. The molecule has 0 saturated carbocycles. The van der Waals surface area contributed by atoms with E-state index in [4.69, 9.17) is 4.42 Å². The van der Waals surface area contributed by atoms with E-state index < -0.39 is 32.8 Å². The number of hydrogen-bond donors (Lipinski definition) is 2. The highest BCUT2D eigenvalue weighted by Crippen LogP contribution is 2.24. The van der Waals surface area contributed by atoms with Gasteiger partial charge in [-0.3, -0.25) is 0 Å². The van der Waals surface area contributed by atoms with Crippen molar-refractivity contribution in [2.45, 2.75) is 17.4 Å². The first-order chi connectivity index (χ1) is 17.4. The smallest absolute Gasteiger partial charge is 0.329 e. The Balaban J connectivity index is 1.46. The molecule has 0 aliphatic rings. The highest BCUT2D eigenvalue weighted by atomic mass is 32.2. The number of fused-ring (bicyclic) bond motifs is 1. The number of sulfonamides is 1. The van der Waals surface area contributed by atoms with E-state index in [1.807, 2.05) is 63.9 Å². The molecular weight excluding hydrogens is 483 g/mol. The van der Waals surface area contributed by atoms with Gasteiger partial charge in [-0.25, -0.2) is 27.3 Å². The maximum atomic E-state index is 14.1. The molecule has 2 heterocycles. The van der Waals surface area contributed by atoms with Crippen LogP contribution >= 0.6 is 0 Å². The Bertz CT molecular complexity index is 1630. The van der Waals surface area contributed by atoms with Crippen LogP contribution in [-0.2, 0) is 16.4 Å². The van der Waals surface area contributed by atoms with E-state index in [-0.39, 0.29) is 0 Å². The SMILES string of the molecule is O=C(NC(Cc1ccccc1)c1nccn1-c1ccc2occc2c1)NS(=O)(=O)c1ccccc1F. The number of furan rings is 1. The summed E-state index contributed by atoms with van der Waals surface area (Å²) in [6.45, 7) is 0. The number of imidazole rings is 1. The number of rotatable bonds is 7. The van der Waals surface area contributed by atoms with Crippen molar-refractivity contribution in [1.29, 1.82) is 0 Å². The quantitative estimate of drug-likeness (QED) is 0.333. The molecule has 36 heavy (non-hydrogen) atoms. The van der Waals surface area contributed by atoms with Gasteiger partial charge < -0.3 is 14.3 Å². The van der Waals surface area contributed by atoms with Crippen LogP contribution in [0.2, 0.25) is 0 Å². The Labute approximate surface area is 206 Å². The lowest BCUT2D eigenvalue weighted by Crippen LogP contribution is -2.42.